The minimum absolute atomic E-state index is 0.0172. The van der Waals surface area contributed by atoms with Crippen LogP contribution in [0.2, 0.25) is 0 Å². The van der Waals surface area contributed by atoms with Gasteiger partial charge in [0.25, 0.3) is 0 Å². The fourth-order valence-corrected chi connectivity index (χ4v) is 10.5. The first-order valence-electron chi connectivity index (χ1n) is 13.5. The zero-order chi connectivity index (χ0) is 23.3. The van der Waals surface area contributed by atoms with E-state index < -0.39 is 11.4 Å². The molecular formula is C29H46O3. The summed E-state index contributed by atoms with van der Waals surface area (Å²) < 4.78 is 0. The molecule has 3 nitrogen and oxygen atoms in total. The normalized spacial score (nSPS) is 54.3. The van der Waals surface area contributed by atoms with Crippen molar-refractivity contribution in [1.82, 2.24) is 0 Å². The minimum atomic E-state index is -0.536. The summed E-state index contributed by atoms with van der Waals surface area (Å²) in [7, 11) is 0. The van der Waals surface area contributed by atoms with Gasteiger partial charge in [-0.1, -0.05) is 53.2 Å². The van der Waals surface area contributed by atoms with Crippen LogP contribution < -0.4 is 0 Å². The van der Waals surface area contributed by atoms with E-state index in [0.717, 1.165) is 44.9 Å². The number of allylic oxidation sites excluding steroid dienone is 2. The maximum atomic E-state index is 12.7. The molecule has 0 bridgehead atoms. The summed E-state index contributed by atoms with van der Waals surface area (Å²) in [5, 5.41) is 21.3. The fraction of sp³-hybridized carbons (Fsp3) is 0.897. The van der Waals surface area contributed by atoms with Crippen molar-refractivity contribution in [2.45, 2.75) is 105 Å². The molecule has 180 valence electrons. The Morgan fingerprint density at radius 3 is 2.25 bits per heavy atom. The van der Waals surface area contributed by atoms with Gasteiger partial charge in [-0.15, -0.1) is 0 Å². The van der Waals surface area contributed by atoms with E-state index in [1.165, 1.54) is 18.4 Å². The number of rotatable bonds is 1. The molecule has 4 fully saturated rings. The maximum Gasteiger partial charge on any atom is 0.310 e. The molecule has 2 N–H and O–H groups in total. The Hall–Kier alpha value is -0.830. The Morgan fingerprint density at radius 1 is 0.906 bits per heavy atom. The SMILES string of the molecule is CC1C2C3=CCC4C5(C)CCC(O)C(C)(C)C5CC[C@@]4(C)C3CCC2(C(=O)O)CC[C@H]1C. The first-order chi connectivity index (χ1) is 14.9. The largest absolute Gasteiger partial charge is 0.481 e. The molecule has 5 rings (SSSR count). The van der Waals surface area contributed by atoms with Gasteiger partial charge in [-0.25, -0.2) is 0 Å². The van der Waals surface area contributed by atoms with Crippen LogP contribution in [0.3, 0.4) is 0 Å². The van der Waals surface area contributed by atoms with Gasteiger partial charge in [-0.3, -0.25) is 4.79 Å². The smallest absolute Gasteiger partial charge is 0.310 e. The van der Waals surface area contributed by atoms with E-state index in [4.69, 9.17) is 0 Å². The zero-order valence-electron chi connectivity index (χ0n) is 21.3. The first-order valence-corrected chi connectivity index (χ1v) is 13.5. The first kappa shape index (κ1) is 22.9. The lowest BCUT2D eigenvalue weighted by Gasteiger charge is -2.68. The molecule has 32 heavy (non-hydrogen) atoms. The topological polar surface area (TPSA) is 57.5 Å². The summed E-state index contributed by atoms with van der Waals surface area (Å²) in [6.07, 6.45) is 11.8. The Balaban J connectivity index is 1.56. The van der Waals surface area contributed by atoms with Crippen LogP contribution in [0.4, 0.5) is 0 Å². The van der Waals surface area contributed by atoms with Crippen molar-refractivity contribution in [1.29, 1.82) is 0 Å². The van der Waals surface area contributed by atoms with Gasteiger partial charge in [0.2, 0.25) is 0 Å². The lowest BCUT2D eigenvalue weighted by molar-refractivity contribution is -0.189. The van der Waals surface area contributed by atoms with E-state index in [9.17, 15) is 15.0 Å². The van der Waals surface area contributed by atoms with Crippen LogP contribution >= 0.6 is 0 Å². The molecule has 0 aromatic rings. The van der Waals surface area contributed by atoms with Crippen molar-refractivity contribution < 1.29 is 15.0 Å². The third kappa shape index (κ3) is 2.72. The summed E-state index contributed by atoms with van der Waals surface area (Å²) in [4.78, 5) is 12.7. The number of carbonyl (C=O) groups is 1. The minimum Gasteiger partial charge on any atom is -0.481 e. The molecule has 5 aliphatic carbocycles. The van der Waals surface area contributed by atoms with Crippen molar-refractivity contribution in [3.63, 3.8) is 0 Å². The fourth-order valence-electron chi connectivity index (χ4n) is 10.5. The number of hydrogen-bond donors (Lipinski definition) is 2. The number of aliphatic hydroxyl groups excluding tert-OH is 1. The number of carboxylic acids is 1. The lowest BCUT2D eigenvalue weighted by Crippen LogP contribution is -2.62. The lowest BCUT2D eigenvalue weighted by atomic mass is 9.37. The molecule has 0 aromatic carbocycles. The van der Waals surface area contributed by atoms with Crippen molar-refractivity contribution in [3.05, 3.63) is 11.6 Å². The zero-order valence-corrected chi connectivity index (χ0v) is 21.3. The second-order valence-electron chi connectivity index (χ2n) is 13.9. The molecule has 0 saturated heterocycles. The van der Waals surface area contributed by atoms with Gasteiger partial charge >= 0.3 is 5.97 Å². The van der Waals surface area contributed by atoms with Gasteiger partial charge < -0.3 is 10.2 Å². The van der Waals surface area contributed by atoms with Crippen LogP contribution in [0.15, 0.2) is 11.6 Å². The summed E-state index contributed by atoms with van der Waals surface area (Å²) in [6.45, 7) is 14.4. The van der Waals surface area contributed by atoms with E-state index in [0.29, 0.717) is 29.6 Å². The van der Waals surface area contributed by atoms with Crippen LogP contribution in [0, 0.1) is 57.2 Å². The molecule has 0 aromatic heterocycles. The van der Waals surface area contributed by atoms with E-state index >= 15 is 0 Å². The van der Waals surface area contributed by atoms with E-state index in [1.54, 1.807) is 0 Å². The summed E-state index contributed by atoms with van der Waals surface area (Å²) in [5.41, 5.74) is 1.52. The highest BCUT2D eigenvalue weighted by Crippen LogP contribution is 2.72. The maximum absolute atomic E-state index is 12.7. The molecule has 4 saturated carbocycles. The predicted molar refractivity (Wildman–Crippen MR) is 128 cm³/mol. The molecule has 0 amide bonds. The molecule has 8 unspecified atom stereocenters. The molecule has 0 radical (unpaired) electrons. The van der Waals surface area contributed by atoms with Gasteiger partial charge in [0.1, 0.15) is 0 Å². The average Bonchev–Trinajstić information content (AvgIpc) is 2.73. The Labute approximate surface area is 195 Å². The number of aliphatic carboxylic acids is 1. The number of hydrogen-bond acceptors (Lipinski definition) is 2. The average molecular weight is 443 g/mol. The molecule has 3 heteroatoms. The Bertz CT molecular complexity index is 828. The van der Waals surface area contributed by atoms with E-state index in [2.05, 4.69) is 47.6 Å². The standard InChI is InChI=1S/C29H46O3/c1-17-9-15-29(25(31)32)16-10-20-19(24(29)18(17)2)7-8-22-27(20,5)13-11-21-26(3,4)23(30)12-14-28(21,22)6/h7,17-18,20-24,30H,8-16H2,1-6H3,(H,31,32)/t17-,18?,20?,21?,22?,23?,24?,27+,28?,29?/m1/s1. The van der Waals surface area contributed by atoms with Crippen molar-refractivity contribution in [2.24, 2.45) is 57.2 Å². The predicted octanol–water partition coefficient (Wildman–Crippen LogP) is 6.70. The van der Waals surface area contributed by atoms with E-state index in [-0.39, 0.29) is 28.3 Å². The summed E-state index contributed by atoms with van der Waals surface area (Å²) in [6, 6.07) is 0. The number of carboxylic acid groups (broad SMARTS) is 1. The van der Waals surface area contributed by atoms with E-state index in [1.807, 2.05) is 0 Å². The van der Waals surface area contributed by atoms with Crippen LogP contribution in [0.1, 0.15) is 99.3 Å². The van der Waals surface area contributed by atoms with Gasteiger partial charge in [0.05, 0.1) is 11.5 Å². The third-order valence-corrected chi connectivity index (χ3v) is 12.6. The van der Waals surface area contributed by atoms with Gasteiger partial charge in [0.15, 0.2) is 0 Å². The monoisotopic (exact) mass is 442 g/mol. The summed E-state index contributed by atoms with van der Waals surface area (Å²) >= 11 is 0. The van der Waals surface area contributed by atoms with Gasteiger partial charge in [-0.05, 0) is 110 Å². The highest BCUT2D eigenvalue weighted by molar-refractivity contribution is 5.76. The molecule has 0 heterocycles. The molecular weight excluding hydrogens is 396 g/mol. The van der Waals surface area contributed by atoms with Crippen LogP contribution in [0.5, 0.6) is 0 Å². The van der Waals surface area contributed by atoms with Gasteiger partial charge in [-0.2, -0.15) is 0 Å². The van der Waals surface area contributed by atoms with Crippen molar-refractivity contribution in [2.75, 3.05) is 0 Å². The number of aliphatic hydroxyl groups is 1. The quantitative estimate of drug-likeness (QED) is 0.444. The molecule has 0 aliphatic heterocycles. The Kier molecular flexibility index (Phi) is 5.08. The second kappa shape index (κ2) is 7.09. The molecule has 10 atom stereocenters. The van der Waals surface area contributed by atoms with Crippen molar-refractivity contribution in [3.8, 4) is 0 Å². The van der Waals surface area contributed by atoms with Crippen LogP contribution in [0.25, 0.3) is 0 Å². The summed E-state index contributed by atoms with van der Waals surface area (Å²) in [5.74, 6) is 2.49. The molecule has 0 spiro atoms. The Morgan fingerprint density at radius 2 is 1.56 bits per heavy atom. The highest BCUT2D eigenvalue weighted by atomic mass is 16.4. The number of fused-ring (bicyclic) bond motifs is 7. The third-order valence-electron chi connectivity index (χ3n) is 12.6. The molecule has 5 aliphatic rings. The van der Waals surface area contributed by atoms with Gasteiger partial charge in [0, 0.05) is 0 Å². The highest BCUT2D eigenvalue weighted by Gasteiger charge is 2.66. The van der Waals surface area contributed by atoms with Crippen LogP contribution in [-0.2, 0) is 4.79 Å². The second-order valence-corrected chi connectivity index (χ2v) is 13.9. The van der Waals surface area contributed by atoms with Crippen LogP contribution in [-0.4, -0.2) is 22.3 Å². The van der Waals surface area contributed by atoms with Crippen molar-refractivity contribution >= 4 is 5.97 Å².